The monoisotopic (exact) mass is 240 g/mol. The summed E-state index contributed by atoms with van der Waals surface area (Å²) in [5, 5.41) is 0. The number of hydrogen-bond donors (Lipinski definition) is 1. The van der Waals surface area contributed by atoms with E-state index in [1.165, 1.54) is 19.3 Å². The molecule has 1 saturated heterocycles. The van der Waals surface area contributed by atoms with Gasteiger partial charge in [-0.3, -0.25) is 4.79 Å². The summed E-state index contributed by atoms with van der Waals surface area (Å²) in [7, 11) is 1.92. The summed E-state index contributed by atoms with van der Waals surface area (Å²) >= 11 is 0. The highest BCUT2D eigenvalue weighted by atomic mass is 16.5. The third kappa shape index (κ3) is 2.80. The highest BCUT2D eigenvalue weighted by Gasteiger charge is 2.39. The van der Waals surface area contributed by atoms with Crippen molar-refractivity contribution in [3.8, 4) is 0 Å². The van der Waals surface area contributed by atoms with Crippen LogP contribution in [-0.4, -0.2) is 42.6 Å². The molecule has 1 amide bonds. The maximum absolute atomic E-state index is 12.5. The van der Waals surface area contributed by atoms with Gasteiger partial charge in [-0.2, -0.15) is 0 Å². The highest BCUT2D eigenvalue weighted by molar-refractivity contribution is 5.86. The minimum atomic E-state index is -0.676. The average molecular weight is 240 g/mol. The first-order valence-corrected chi connectivity index (χ1v) is 6.77. The topological polar surface area (TPSA) is 55.6 Å². The Balaban J connectivity index is 1.97. The highest BCUT2D eigenvalue weighted by Crippen LogP contribution is 2.26. The van der Waals surface area contributed by atoms with Gasteiger partial charge in [0, 0.05) is 26.3 Å². The predicted octanol–water partition coefficient (Wildman–Crippen LogP) is 1.29. The van der Waals surface area contributed by atoms with E-state index in [1.807, 2.05) is 11.9 Å². The van der Waals surface area contributed by atoms with E-state index < -0.39 is 5.54 Å². The Bertz CT molecular complexity index is 269. The molecule has 2 rings (SSSR count). The molecular formula is C13H24N2O2. The van der Waals surface area contributed by atoms with E-state index in [0.717, 1.165) is 12.8 Å². The largest absolute Gasteiger partial charge is 0.381 e. The second kappa shape index (κ2) is 5.36. The zero-order chi connectivity index (χ0) is 12.3. The van der Waals surface area contributed by atoms with Gasteiger partial charge in [-0.15, -0.1) is 0 Å². The lowest BCUT2D eigenvalue weighted by Gasteiger charge is -2.39. The number of nitrogens with zero attached hydrogens (tertiary/aromatic N) is 1. The Hall–Kier alpha value is -0.610. The smallest absolute Gasteiger partial charge is 0.242 e. The summed E-state index contributed by atoms with van der Waals surface area (Å²) in [5.74, 6) is 0.118. The van der Waals surface area contributed by atoms with Gasteiger partial charge in [0.1, 0.15) is 0 Å². The summed E-state index contributed by atoms with van der Waals surface area (Å²) < 4.78 is 5.29. The molecule has 0 aromatic carbocycles. The van der Waals surface area contributed by atoms with Crippen LogP contribution in [0.4, 0.5) is 0 Å². The molecule has 0 bridgehead atoms. The lowest BCUT2D eigenvalue weighted by atomic mass is 9.87. The molecular weight excluding hydrogens is 216 g/mol. The van der Waals surface area contributed by atoms with Crippen molar-refractivity contribution in [2.45, 2.75) is 56.5 Å². The van der Waals surface area contributed by atoms with Gasteiger partial charge in [0.25, 0.3) is 0 Å². The maximum Gasteiger partial charge on any atom is 0.242 e. The molecule has 0 unspecified atom stereocenters. The molecule has 2 N–H and O–H groups in total. The van der Waals surface area contributed by atoms with Crippen LogP contribution in [0, 0.1) is 0 Å². The number of amides is 1. The average Bonchev–Trinajstić information content (AvgIpc) is 2.39. The maximum atomic E-state index is 12.5. The van der Waals surface area contributed by atoms with Gasteiger partial charge in [-0.05, 0) is 25.7 Å². The van der Waals surface area contributed by atoms with Crippen LogP contribution in [0.5, 0.6) is 0 Å². The summed E-state index contributed by atoms with van der Waals surface area (Å²) in [4.78, 5) is 14.4. The quantitative estimate of drug-likeness (QED) is 0.791. The molecule has 2 fully saturated rings. The van der Waals surface area contributed by atoms with Crippen molar-refractivity contribution < 1.29 is 9.53 Å². The van der Waals surface area contributed by atoms with Gasteiger partial charge in [0.05, 0.1) is 5.54 Å². The van der Waals surface area contributed by atoms with Crippen LogP contribution in [-0.2, 0) is 9.53 Å². The van der Waals surface area contributed by atoms with Gasteiger partial charge in [-0.1, -0.05) is 19.3 Å². The molecule has 4 nitrogen and oxygen atoms in total. The molecule has 1 saturated carbocycles. The van der Waals surface area contributed by atoms with E-state index in [0.29, 0.717) is 32.1 Å². The van der Waals surface area contributed by atoms with Crippen LogP contribution < -0.4 is 5.73 Å². The Labute approximate surface area is 103 Å². The number of rotatable bonds is 2. The lowest BCUT2D eigenvalue weighted by Crippen LogP contribution is -2.59. The molecule has 0 aromatic heterocycles. The number of carbonyl (C=O) groups is 1. The van der Waals surface area contributed by atoms with Crippen molar-refractivity contribution in [2.75, 3.05) is 20.3 Å². The zero-order valence-corrected chi connectivity index (χ0v) is 10.8. The van der Waals surface area contributed by atoms with Gasteiger partial charge < -0.3 is 15.4 Å². The number of carbonyl (C=O) groups excluding carboxylic acids is 1. The van der Waals surface area contributed by atoms with Crippen molar-refractivity contribution >= 4 is 5.91 Å². The van der Waals surface area contributed by atoms with Crippen LogP contribution >= 0.6 is 0 Å². The first kappa shape index (κ1) is 12.8. The molecule has 1 heterocycles. The van der Waals surface area contributed by atoms with Crippen LogP contribution in [0.25, 0.3) is 0 Å². The first-order chi connectivity index (χ1) is 8.13. The molecule has 98 valence electrons. The summed E-state index contributed by atoms with van der Waals surface area (Å²) in [6, 6.07) is 0.402. The molecule has 0 atom stereocenters. The molecule has 2 aliphatic rings. The number of hydrogen-bond acceptors (Lipinski definition) is 3. The van der Waals surface area contributed by atoms with E-state index in [1.54, 1.807) is 0 Å². The Morgan fingerprint density at radius 3 is 2.41 bits per heavy atom. The number of ether oxygens (including phenoxy) is 1. The van der Waals surface area contributed by atoms with E-state index >= 15 is 0 Å². The second-order valence-electron chi connectivity index (χ2n) is 5.48. The lowest BCUT2D eigenvalue weighted by molar-refractivity contribution is -0.142. The predicted molar refractivity (Wildman–Crippen MR) is 66.6 cm³/mol. The molecule has 0 radical (unpaired) electrons. The molecule has 0 aromatic rings. The standard InChI is InChI=1S/C13H24N2O2/c1-15(11-5-3-2-4-6-11)12(16)13(14)7-9-17-10-8-13/h11H,2-10,14H2,1H3. The summed E-state index contributed by atoms with van der Waals surface area (Å²) in [5.41, 5.74) is 5.56. The fourth-order valence-electron chi connectivity index (χ4n) is 2.93. The molecule has 4 heteroatoms. The normalized spacial score (nSPS) is 25.5. The molecule has 1 aliphatic carbocycles. The number of nitrogens with two attached hydrogens (primary N) is 1. The minimum absolute atomic E-state index is 0.118. The van der Waals surface area contributed by atoms with Crippen molar-refractivity contribution in [1.29, 1.82) is 0 Å². The van der Waals surface area contributed by atoms with Gasteiger partial charge in [-0.25, -0.2) is 0 Å². The second-order valence-corrected chi connectivity index (χ2v) is 5.48. The fraction of sp³-hybridized carbons (Fsp3) is 0.923. The van der Waals surface area contributed by atoms with Crippen molar-refractivity contribution in [1.82, 2.24) is 4.90 Å². The minimum Gasteiger partial charge on any atom is -0.381 e. The third-order valence-corrected chi connectivity index (χ3v) is 4.25. The van der Waals surface area contributed by atoms with Gasteiger partial charge >= 0.3 is 0 Å². The SMILES string of the molecule is CN(C(=O)C1(N)CCOCC1)C1CCCCC1. The van der Waals surface area contributed by atoms with Crippen molar-refractivity contribution in [2.24, 2.45) is 5.73 Å². The molecule has 1 aliphatic heterocycles. The molecule has 0 spiro atoms. The van der Waals surface area contributed by atoms with Crippen LogP contribution in [0.1, 0.15) is 44.9 Å². The Kier molecular flexibility index (Phi) is 4.05. The van der Waals surface area contributed by atoms with Gasteiger partial charge in [0.2, 0.25) is 5.91 Å². The van der Waals surface area contributed by atoms with Crippen LogP contribution in [0.3, 0.4) is 0 Å². The summed E-state index contributed by atoms with van der Waals surface area (Å²) in [6.07, 6.45) is 7.36. The fourth-order valence-corrected chi connectivity index (χ4v) is 2.93. The van der Waals surface area contributed by atoms with E-state index in [2.05, 4.69) is 0 Å². The van der Waals surface area contributed by atoms with Gasteiger partial charge in [0.15, 0.2) is 0 Å². The van der Waals surface area contributed by atoms with Crippen molar-refractivity contribution in [3.63, 3.8) is 0 Å². The molecule has 17 heavy (non-hydrogen) atoms. The van der Waals surface area contributed by atoms with Crippen LogP contribution in [0.2, 0.25) is 0 Å². The third-order valence-electron chi connectivity index (χ3n) is 4.25. The van der Waals surface area contributed by atoms with E-state index in [-0.39, 0.29) is 5.91 Å². The Morgan fingerprint density at radius 2 is 1.82 bits per heavy atom. The van der Waals surface area contributed by atoms with Crippen LogP contribution in [0.15, 0.2) is 0 Å². The van der Waals surface area contributed by atoms with E-state index in [9.17, 15) is 4.79 Å². The first-order valence-electron chi connectivity index (χ1n) is 6.77. The van der Waals surface area contributed by atoms with Crippen molar-refractivity contribution in [3.05, 3.63) is 0 Å². The van der Waals surface area contributed by atoms with E-state index in [4.69, 9.17) is 10.5 Å². The zero-order valence-electron chi connectivity index (χ0n) is 10.8. The summed E-state index contributed by atoms with van der Waals surface area (Å²) in [6.45, 7) is 1.22. The Morgan fingerprint density at radius 1 is 1.24 bits per heavy atom. The number of likely N-dealkylation sites (N-methyl/N-ethyl adjacent to an activating group) is 1.